The Hall–Kier alpha value is -5.37. The molecule has 0 fully saturated rings. The standard InChI is InChI=1S/C54H42N2S4/c1-31(2)41-25-43(55(45-27-57-49-17-9-5-13-35(45)49)46-28-58-50-18-10-6-14-36(46)50)39-24-22-34-42(32(3)4)26-44(40-23-21-33(41)53(39)54(34)40)56(47-29-59-51-19-11-7-15-37(47)51)48-30-60-52-20-12-8-16-38(48)52/h5-32,35,49H,1-4H3. The van der Waals surface area contributed by atoms with Crippen LogP contribution in [-0.2, 0) is 0 Å². The second-order valence-electron chi connectivity index (χ2n) is 16.8. The van der Waals surface area contributed by atoms with Crippen LogP contribution in [-0.4, -0.2) is 5.25 Å². The highest BCUT2D eigenvalue weighted by atomic mass is 32.2. The van der Waals surface area contributed by atoms with Gasteiger partial charge in [-0.15, -0.1) is 45.8 Å². The topological polar surface area (TPSA) is 6.48 Å². The molecule has 0 spiro atoms. The van der Waals surface area contributed by atoms with Crippen LogP contribution in [0.4, 0.5) is 28.4 Å². The molecule has 0 bridgehead atoms. The van der Waals surface area contributed by atoms with Crippen molar-refractivity contribution in [1.82, 2.24) is 0 Å². The van der Waals surface area contributed by atoms with Crippen molar-refractivity contribution in [2.75, 3.05) is 9.80 Å². The Morgan fingerprint density at radius 3 is 1.38 bits per heavy atom. The number of nitrogens with zero attached hydrogens (tertiary/aromatic N) is 2. The summed E-state index contributed by atoms with van der Waals surface area (Å²) in [5.41, 5.74) is 10.4. The molecule has 60 heavy (non-hydrogen) atoms. The zero-order chi connectivity index (χ0) is 40.2. The van der Waals surface area contributed by atoms with E-state index in [1.165, 1.54) is 108 Å². The molecule has 3 aromatic heterocycles. The van der Waals surface area contributed by atoms with Gasteiger partial charge in [-0.3, -0.25) is 0 Å². The molecule has 0 amide bonds. The Morgan fingerprint density at radius 1 is 0.450 bits per heavy atom. The van der Waals surface area contributed by atoms with E-state index in [1.54, 1.807) is 0 Å². The zero-order valence-electron chi connectivity index (χ0n) is 33.8. The van der Waals surface area contributed by atoms with Crippen LogP contribution in [0, 0.1) is 5.92 Å². The summed E-state index contributed by atoms with van der Waals surface area (Å²) in [6.45, 7) is 9.46. The van der Waals surface area contributed by atoms with Gasteiger partial charge in [0.2, 0.25) is 0 Å². The third-order valence-corrected chi connectivity index (χ3v) is 16.8. The lowest BCUT2D eigenvalue weighted by Crippen LogP contribution is -2.24. The number of hydrogen-bond acceptors (Lipinski definition) is 6. The number of fused-ring (bicyclic) bond motifs is 4. The Balaban J connectivity index is 1.20. The third-order valence-electron chi connectivity index (χ3n) is 12.8. The first-order valence-corrected chi connectivity index (χ1v) is 24.5. The van der Waals surface area contributed by atoms with Gasteiger partial charge < -0.3 is 9.80 Å². The van der Waals surface area contributed by atoms with Crippen molar-refractivity contribution in [1.29, 1.82) is 0 Å². The first kappa shape index (κ1) is 36.5. The summed E-state index contributed by atoms with van der Waals surface area (Å²) < 4.78 is 3.92. The molecule has 10 aromatic rings. The Bertz CT molecular complexity index is 3330. The first-order valence-electron chi connectivity index (χ1n) is 20.9. The third kappa shape index (κ3) is 5.44. The van der Waals surface area contributed by atoms with E-state index in [1.807, 2.05) is 45.8 Å². The minimum absolute atomic E-state index is 0.285. The maximum absolute atomic E-state index is 2.64. The summed E-state index contributed by atoms with van der Waals surface area (Å²) in [6.07, 6.45) is 9.24. The molecular formula is C54H42N2S4. The Kier molecular flexibility index (Phi) is 8.57. The molecule has 1 aliphatic heterocycles. The van der Waals surface area contributed by atoms with E-state index in [9.17, 15) is 0 Å². The monoisotopic (exact) mass is 846 g/mol. The molecule has 0 saturated carbocycles. The van der Waals surface area contributed by atoms with E-state index < -0.39 is 0 Å². The summed E-state index contributed by atoms with van der Waals surface area (Å²) in [4.78, 5) is 5.23. The summed E-state index contributed by atoms with van der Waals surface area (Å²) >= 11 is 7.47. The van der Waals surface area contributed by atoms with Gasteiger partial charge in [-0.05, 0) is 80.2 Å². The maximum atomic E-state index is 2.64. The molecule has 2 aliphatic rings. The van der Waals surface area contributed by atoms with Gasteiger partial charge in [0.15, 0.2) is 0 Å². The zero-order valence-corrected chi connectivity index (χ0v) is 37.1. The maximum Gasteiger partial charge on any atom is 0.0648 e. The van der Waals surface area contributed by atoms with Crippen molar-refractivity contribution in [3.05, 3.63) is 172 Å². The molecule has 7 aromatic carbocycles. The van der Waals surface area contributed by atoms with Crippen LogP contribution < -0.4 is 9.80 Å². The number of thioether (sulfide) groups is 1. The van der Waals surface area contributed by atoms with E-state index in [4.69, 9.17) is 0 Å². The smallest absolute Gasteiger partial charge is 0.0648 e. The summed E-state index contributed by atoms with van der Waals surface area (Å²) in [5.74, 6) is 0.921. The molecule has 1 aliphatic carbocycles. The van der Waals surface area contributed by atoms with Crippen molar-refractivity contribution >= 4 is 137 Å². The van der Waals surface area contributed by atoms with Crippen LogP contribution in [0.3, 0.4) is 0 Å². The van der Waals surface area contributed by atoms with Crippen LogP contribution in [0.25, 0.3) is 62.6 Å². The normalized spacial score (nSPS) is 16.5. The minimum Gasteiger partial charge on any atom is -0.311 e. The molecule has 6 heteroatoms. The molecule has 292 valence electrons. The number of benzene rings is 7. The molecule has 2 unspecified atom stereocenters. The van der Waals surface area contributed by atoms with Crippen molar-refractivity contribution in [2.45, 2.75) is 44.8 Å². The second kappa shape index (κ2) is 14.1. The molecular weight excluding hydrogens is 805 g/mol. The fourth-order valence-corrected chi connectivity index (χ4v) is 13.9. The molecule has 0 saturated heterocycles. The lowest BCUT2D eigenvalue weighted by Gasteiger charge is -2.33. The number of hydrogen-bond donors (Lipinski definition) is 0. The van der Waals surface area contributed by atoms with Crippen LogP contribution in [0.2, 0.25) is 0 Å². The van der Waals surface area contributed by atoms with E-state index in [0.717, 1.165) is 0 Å². The fraction of sp³-hybridized carbons (Fsp3) is 0.148. The van der Waals surface area contributed by atoms with Crippen molar-refractivity contribution in [2.24, 2.45) is 5.92 Å². The summed E-state index contributed by atoms with van der Waals surface area (Å²) in [7, 11) is 0. The van der Waals surface area contributed by atoms with E-state index in [0.29, 0.717) is 17.1 Å². The summed E-state index contributed by atoms with van der Waals surface area (Å²) in [6, 6.07) is 41.6. The SMILES string of the molecule is CC(C)c1cc(N(C2=CSC3C=CC=CC23)c2csc3ccccc23)c2ccc3c(C(C)C)cc(N(c4csc5ccccc45)c4csc5ccccc45)c4ccc1c2c34. The molecule has 0 N–H and O–H groups in total. The van der Waals surface area contributed by atoms with Crippen LogP contribution in [0.1, 0.15) is 50.7 Å². The van der Waals surface area contributed by atoms with Gasteiger partial charge in [0.05, 0.1) is 28.4 Å². The lowest BCUT2D eigenvalue weighted by molar-refractivity contribution is 0.778. The second-order valence-corrected chi connectivity index (χ2v) is 20.6. The van der Waals surface area contributed by atoms with Gasteiger partial charge in [-0.1, -0.05) is 131 Å². The van der Waals surface area contributed by atoms with E-state index in [-0.39, 0.29) is 5.92 Å². The number of thiophene rings is 3. The highest BCUT2D eigenvalue weighted by Gasteiger charge is 2.35. The van der Waals surface area contributed by atoms with Crippen LogP contribution >= 0.6 is 45.8 Å². The molecule has 12 rings (SSSR count). The predicted octanol–water partition coefficient (Wildman–Crippen LogP) is 17.8. The van der Waals surface area contributed by atoms with Crippen molar-refractivity contribution in [3.8, 4) is 0 Å². The predicted molar refractivity (Wildman–Crippen MR) is 269 cm³/mol. The largest absolute Gasteiger partial charge is 0.311 e. The highest BCUT2D eigenvalue weighted by Crippen LogP contribution is 2.55. The van der Waals surface area contributed by atoms with Crippen molar-refractivity contribution < 1.29 is 0 Å². The van der Waals surface area contributed by atoms with Crippen LogP contribution in [0.15, 0.2) is 161 Å². The average Bonchev–Trinajstić information content (AvgIpc) is 4.10. The molecule has 2 atom stereocenters. The highest BCUT2D eigenvalue weighted by molar-refractivity contribution is 8.03. The molecule has 2 nitrogen and oxygen atoms in total. The van der Waals surface area contributed by atoms with Gasteiger partial charge in [-0.25, -0.2) is 0 Å². The average molecular weight is 847 g/mol. The molecule has 0 radical (unpaired) electrons. The number of anilines is 5. The molecule has 4 heterocycles. The fourth-order valence-electron chi connectivity index (χ4n) is 9.95. The van der Waals surface area contributed by atoms with Crippen LogP contribution in [0.5, 0.6) is 0 Å². The first-order chi connectivity index (χ1) is 29.4. The van der Waals surface area contributed by atoms with E-state index >= 15 is 0 Å². The van der Waals surface area contributed by atoms with Gasteiger partial charge in [0, 0.05) is 74.0 Å². The van der Waals surface area contributed by atoms with Gasteiger partial charge in [0.25, 0.3) is 0 Å². The van der Waals surface area contributed by atoms with Gasteiger partial charge in [-0.2, -0.15) is 0 Å². The van der Waals surface area contributed by atoms with Crippen molar-refractivity contribution in [3.63, 3.8) is 0 Å². The lowest BCUT2D eigenvalue weighted by atomic mass is 9.83. The quantitative estimate of drug-likeness (QED) is 0.141. The Labute approximate surface area is 366 Å². The number of rotatable bonds is 8. The Morgan fingerprint density at radius 2 is 0.883 bits per heavy atom. The van der Waals surface area contributed by atoms with Gasteiger partial charge in [0.1, 0.15) is 0 Å². The van der Waals surface area contributed by atoms with Gasteiger partial charge >= 0.3 is 0 Å². The minimum atomic E-state index is 0.285. The number of allylic oxidation sites excluding steroid dienone is 3. The summed E-state index contributed by atoms with van der Waals surface area (Å²) in [5, 5.41) is 21.9. The van der Waals surface area contributed by atoms with E-state index in [2.05, 4.69) is 193 Å².